The Morgan fingerprint density at radius 3 is 2.62 bits per heavy atom. The van der Waals surface area contributed by atoms with Crippen LogP contribution in [-0.4, -0.2) is 47.4 Å². The molecule has 2 heterocycles. The van der Waals surface area contributed by atoms with Gasteiger partial charge in [-0.1, -0.05) is 32.9 Å². The van der Waals surface area contributed by atoms with Gasteiger partial charge in [0.05, 0.1) is 24.6 Å². The summed E-state index contributed by atoms with van der Waals surface area (Å²) in [5.74, 6) is 0.522. The van der Waals surface area contributed by atoms with E-state index in [0.29, 0.717) is 19.0 Å². The molecular weight excluding hydrogens is 306 g/mol. The summed E-state index contributed by atoms with van der Waals surface area (Å²) in [4.78, 5) is 19.0. The number of amides is 1. The molecule has 0 atom stereocenters. The van der Waals surface area contributed by atoms with Gasteiger partial charge in [0.15, 0.2) is 0 Å². The van der Waals surface area contributed by atoms with Crippen LogP contribution in [0.4, 0.5) is 11.4 Å². The first-order valence-electron chi connectivity index (χ1n) is 8.11. The predicted octanol–water partition coefficient (Wildman–Crippen LogP) is 2.19. The van der Waals surface area contributed by atoms with E-state index in [0.717, 1.165) is 24.5 Å². The van der Waals surface area contributed by atoms with Crippen molar-refractivity contribution < 1.29 is 9.53 Å². The topological polar surface area (TPSA) is 83.1 Å². The van der Waals surface area contributed by atoms with Gasteiger partial charge in [-0.2, -0.15) is 0 Å². The number of morpholine rings is 1. The number of rotatable bonds is 3. The van der Waals surface area contributed by atoms with E-state index >= 15 is 0 Å². The molecule has 2 aromatic rings. The largest absolute Gasteiger partial charge is 0.378 e. The van der Waals surface area contributed by atoms with Gasteiger partial charge < -0.3 is 15.0 Å². The van der Waals surface area contributed by atoms with Crippen molar-refractivity contribution in [2.45, 2.75) is 26.2 Å². The van der Waals surface area contributed by atoms with E-state index in [9.17, 15) is 4.79 Å². The van der Waals surface area contributed by atoms with Crippen LogP contribution in [-0.2, 0) is 10.2 Å². The van der Waals surface area contributed by atoms with Crippen molar-refractivity contribution in [2.24, 2.45) is 0 Å². The second-order valence-corrected chi connectivity index (χ2v) is 6.83. The number of anilines is 2. The number of nitrogens with one attached hydrogen (secondary N) is 2. The van der Waals surface area contributed by atoms with Crippen LogP contribution in [0.25, 0.3) is 0 Å². The molecule has 1 aromatic carbocycles. The number of hydrogen-bond donors (Lipinski definition) is 2. The summed E-state index contributed by atoms with van der Waals surface area (Å²) in [7, 11) is 0. The van der Waals surface area contributed by atoms with Gasteiger partial charge in [0, 0.05) is 18.5 Å². The zero-order chi connectivity index (χ0) is 17.2. The lowest BCUT2D eigenvalue weighted by atomic mass is 9.96. The zero-order valence-electron chi connectivity index (χ0n) is 14.3. The van der Waals surface area contributed by atoms with E-state index in [1.807, 2.05) is 45.0 Å². The van der Waals surface area contributed by atoms with E-state index in [-0.39, 0.29) is 17.1 Å². The molecule has 0 spiro atoms. The van der Waals surface area contributed by atoms with Gasteiger partial charge in [-0.25, -0.2) is 4.98 Å². The van der Waals surface area contributed by atoms with Gasteiger partial charge in [0.2, 0.25) is 5.82 Å². The average Bonchev–Trinajstić information content (AvgIpc) is 3.07. The van der Waals surface area contributed by atoms with Crippen LogP contribution < -0.4 is 10.2 Å². The van der Waals surface area contributed by atoms with E-state index < -0.39 is 0 Å². The highest BCUT2D eigenvalue weighted by Crippen LogP contribution is 2.26. The van der Waals surface area contributed by atoms with Gasteiger partial charge >= 0.3 is 0 Å². The van der Waals surface area contributed by atoms with Gasteiger partial charge in [0.25, 0.3) is 5.91 Å². The minimum atomic E-state index is -0.317. The Morgan fingerprint density at radius 1 is 1.25 bits per heavy atom. The first kappa shape index (κ1) is 16.4. The van der Waals surface area contributed by atoms with Gasteiger partial charge in [-0.15, -0.1) is 5.10 Å². The molecule has 0 bridgehead atoms. The van der Waals surface area contributed by atoms with Crippen molar-refractivity contribution in [2.75, 3.05) is 36.5 Å². The third kappa shape index (κ3) is 3.56. The SMILES string of the molecule is CC(C)(C)c1nc(C(=O)Nc2ccccc2N2CCOCC2)n[nH]1. The molecule has 1 aliphatic rings. The standard InChI is InChI=1S/C17H23N5O2/c1-17(2,3)16-19-14(20-21-16)15(23)18-12-6-4-5-7-13(12)22-8-10-24-11-9-22/h4-7H,8-11H2,1-3H3,(H,18,23)(H,19,20,21). The summed E-state index contributed by atoms with van der Waals surface area (Å²) in [6.07, 6.45) is 0. The lowest BCUT2D eigenvalue weighted by Gasteiger charge is -2.30. The van der Waals surface area contributed by atoms with Crippen molar-refractivity contribution in [1.29, 1.82) is 0 Å². The van der Waals surface area contributed by atoms with Crippen LogP contribution in [0.2, 0.25) is 0 Å². The van der Waals surface area contributed by atoms with E-state index in [1.165, 1.54) is 0 Å². The van der Waals surface area contributed by atoms with Crippen molar-refractivity contribution in [1.82, 2.24) is 15.2 Å². The average molecular weight is 329 g/mol. The summed E-state index contributed by atoms with van der Waals surface area (Å²) in [5.41, 5.74) is 1.56. The minimum absolute atomic E-state index is 0.150. The smallest absolute Gasteiger partial charge is 0.295 e. The van der Waals surface area contributed by atoms with Crippen LogP contribution in [0.15, 0.2) is 24.3 Å². The molecule has 0 aliphatic carbocycles. The highest BCUT2D eigenvalue weighted by Gasteiger charge is 2.22. The summed E-state index contributed by atoms with van der Waals surface area (Å²) in [6, 6.07) is 7.75. The molecule has 128 valence electrons. The molecule has 7 heteroatoms. The molecule has 1 aliphatic heterocycles. The second-order valence-electron chi connectivity index (χ2n) is 6.83. The normalized spacial score (nSPS) is 15.4. The molecule has 1 fully saturated rings. The number of para-hydroxylation sites is 2. The van der Waals surface area contributed by atoms with E-state index in [1.54, 1.807) is 0 Å². The maximum atomic E-state index is 12.5. The maximum Gasteiger partial charge on any atom is 0.295 e. The Bertz CT molecular complexity index is 714. The number of aromatic nitrogens is 3. The Kier molecular flexibility index (Phi) is 4.53. The van der Waals surface area contributed by atoms with Crippen molar-refractivity contribution in [3.63, 3.8) is 0 Å². The Morgan fingerprint density at radius 2 is 1.96 bits per heavy atom. The first-order valence-corrected chi connectivity index (χ1v) is 8.11. The lowest BCUT2D eigenvalue weighted by molar-refractivity contribution is 0.101. The number of ether oxygens (including phenoxy) is 1. The van der Waals surface area contributed by atoms with Crippen LogP contribution >= 0.6 is 0 Å². The number of nitrogens with zero attached hydrogens (tertiary/aromatic N) is 3. The van der Waals surface area contributed by atoms with Crippen molar-refractivity contribution in [3.8, 4) is 0 Å². The van der Waals surface area contributed by atoms with Crippen LogP contribution in [0.3, 0.4) is 0 Å². The fourth-order valence-electron chi connectivity index (χ4n) is 2.54. The molecule has 24 heavy (non-hydrogen) atoms. The highest BCUT2D eigenvalue weighted by atomic mass is 16.5. The molecule has 0 saturated carbocycles. The quantitative estimate of drug-likeness (QED) is 0.902. The molecular formula is C17H23N5O2. The fourth-order valence-corrected chi connectivity index (χ4v) is 2.54. The molecule has 1 saturated heterocycles. The number of carbonyl (C=O) groups is 1. The van der Waals surface area contributed by atoms with E-state index in [2.05, 4.69) is 25.4 Å². The third-order valence-corrected chi connectivity index (χ3v) is 3.90. The Labute approximate surface area is 141 Å². The lowest BCUT2D eigenvalue weighted by Crippen LogP contribution is -2.36. The van der Waals surface area contributed by atoms with Crippen LogP contribution in [0.5, 0.6) is 0 Å². The van der Waals surface area contributed by atoms with Gasteiger partial charge in [-0.05, 0) is 12.1 Å². The Hall–Kier alpha value is -2.41. The highest BCUT2D eigenvalue weighted by molar-refractivity contribution is 6.03. The second kappa shape index (κ2) is 6.60. The molecule has 3 rings (SSSR count). The fraction of sp³-hybridized carbons (Fsp3) is 0.471. The van der Waals surface area contributed by atoms with E-state index in [4.69, 9.17) is 4.74 Å². The summed E-state index contributed by atoms with van der Waals surface area (Å²) >= 11 is 0. The van der Waals surface area contributed by atoms with Crippen molar-refractivity contribution in [3.05, 3.63) is 35.9 Å². The summed E-state index contributed by atoms with van der Waals surface area (Å²) < 4.78 is 5.39. The number of benzene rings is 1. The predicted molar refractivity (Wildman–Crippen MR) is 92.5 cm³/mol. The molecule has 0 radical (unpaired) electrons. The maximum absolute atomic E-state index is 12.5. The molecule has 2 N–H and O–H groups in total. The van der Waals surface area contributed by atoms with Crippen LogP contribution in [0.1, 0.15) is 37.2 Å². The third-order valence-electron chi connectivity index (χ3n) is 3.90. The monoisotopic (exact) mass is 329 g/mol. The zero-order valence-corrected chi connectivity index (χ0v) is 14.3. The number of H-pyrrole nitrogens is 1. The minimum Gasteiger partial charge on any atom is -0.378 e. The molecule has 1 amide bonds. The van der Waals surface area contributed by atoms with Gasteiger partial charge in [-0.3, -0.25) is 9.89 Å². The molecule has 7 nitrogen and oxygen atoms in total. The number of hydrogen-bond acceptors (Lipinski definition) is 5. The van der Waals surface area contributed by atoms with Gasteiger partial charge in [0.1, 0.15) is 5.82 Å². The summed E-state index contributed by atoms with van der Waals surface area (Å²) in [5, 5.41) is 9.80. The van der Waals surface area contributed by atoms with Crippen LogP contribution in [0, 0.1) is 0 Å². The Balaban J connectivity index is 1.78. The summed E-state index contributed by atoms with van der Waals surface area (Å²) in [6.45, 7) is 9.05. The number of aromatic amines is 1. The molecule has 1 aromatic heterocycles. The molecule has 0 unspecified atom stereocenters. The van der Waals surface area contributed by atoms with Crippen molar-refractivity contribution >= 4 is 17.3 Å². The number of carbonyl (C=O) groups excluding carboxylic acids is 1. The first-order chi connectivity index (χ1) is 11.4.